The van der Waals surface area contributed by atoms with E-state index in [1.165, 1.54) is 0 Å². The van der Waals surface area contributed by atoms with Gasteiger partial charge in [0.15, 0.2) is 0 Å². The zero-order chi connectivity index (χ0) is 19.1. The summed E-state index contributed by atoms with van der Waals surface area (Å²) in [6.07, 6.45) is 0.780. The van der Waals surface area contributed by atoms with Gasteiger partial charge >= 0.3 is 0 Å². The van der Waals surface area contributed by atoms with E-state index in [1.54, 1.807) is 0 Å². The molecule has 142 valence electrons. The zero-order valence-electron chi connectivity index (χ0n) is 15.2. The van der Waals surface area contributed by atoms with Crippen molar-refractivity contribution in [1.29, 1.82) is 0 Å². The van der Waals surface area contributed by atoms with Crippen molar-refractivity contribution >= 4 is 23.4 Å². The van der Waals surface area contributed by atoms with Gasteiger partial charge in [-0.25, -0.2) is 0 Å². The minimum absolute atomic E-state index is 0.0202. The Morgan fingerprint density at radius 3 is 2.26 bits per heavy atom. The van der Waals surface area contributed by atoms with E-state index in [9.17, 15) is 9.59 Å². The summed E-state index contributed by atoms with van der Waals surface area (Å²) in [7, 11) is 0. The number of nitrogens with one attached hydrogen (secondary N) is 1. The van der Waals surface area contributed by atoms with Gasteiger partial charge in [-0.1, -0.05) is 41.9 Å². The fraction of sp³-hybridized carbons (Fsp3) is 0.333. The lowest BCUT2D eigenvalue weighted by atomic mass is 10.1. The first kappa shape index (κ1) is 19.4. The van der Waals surface area contributed by atoms with Crippen molar-refractivity contribution in [3.8, 4) is 0 Å². The van der Waals surface area contributed by atoms with E-state index in [0.29, 0.717) is 49.9 Å². The molecular weight excluding hydrogens is 362 g/mol. The van der Waals surface area contributed by atoms with Gasteiger partial charge in [0.1, 0.15) is 0 Å². The van der Waals surface area contributed by atoms with Gasteiger partial charge < -0.3 is 10.2 Å². The van der Waals surface area contributed by atoms with Crippen LogP contribution in [0.1, 0.15) is 15.9 Å². The average molecular weight is 386 g/mol. The molecule has 0 aliphatic carbocycles. The second kappa shape index (κ2) is 9.53. The lowest BCUT2D eigenvalue weighted by Gasteiger charge is -2.34. The first-order chi connectivity index (χ1) is 13.1. The standard InChI is InChI=1S/C21H24ClN3O2/c22-19-8-6-17(7-9-19)10-11-23-20(26)16-24-12-14-25(15-13-24)21(27)18-4-2-1-3-5-18/h1-9H,10-16H2,(H,23,26). The van der Waals surface area contributed by atoms with Gasteiger partial charge in [0.2, 0.25) is 5.91 Å². The Kier molecular flexibility index (Phi) is 6.85. The van der Waals surface area contributed by atoms with Crippen LogP contribution in [0.15, 0.2) is 54.6 Å². The van der Waals surface area contributed by atoms with Crippen LogP contribution in [0.25, 0.3) is 0 Å². The maximum Gasteiger partial charge on any atom is 0.253 e. The van der Waals surface area contributed by atoms with Crippen molar-refractivity contribution in [2.45, 2.75) is 6.42 Å². The summed E-state index contributed by atoms with van der Waals surface area (Å²) in [6, 6.07) is 17.0. The lowest BCUT2D eigenvalue weighted by molar-refractivity contribution is -0.122. The smallest absolute Gasteiger partial charge is 0.253 e. The third-order valence-electron chi connectivity index (χ3n) is 4.70. The van der Waals surface area contributed by atoms with Crippen molar-refractivity contribution in [1.82, 2.24) is 15.1 Å². The van der Waals surface area contributed by atoms with Gasteiger partial charge in [-0.2, -0.15) is 0 Å². The second-order valence-corrected chi connectivity index (χ2v) is 7.10. The fourth-order valence-corrected chi connectivity index (χ4v) is 3.25. The van der Waals surface area contributed by atoms with Crippen LogP contribution < -0.4 is 5.32 Å². The summed E-state index contributed by atoms with van der Waals surface area (Å²) in [4.78, 5) is 28.5. The molecule has 2 aromatic carbocycles. The predicted octanol–water partition coefficient (Wildman–Crippen LogP) is 2.46. The van der Waals surface area contributed by atoms with E-state index >= 15 is 0 Å². The molecule has 0 spiro atoms. The third-order valence-corrected chi connectivity index (χ3v) is 4.95. The minimum Gasteiger partial charge on any atom is -0.355 e. The maximum absolute atomic E-state index is 12.4. The van der Waals surface area contributed by atoms with Crippen LogP contribution in [0, 0.1) is 0 Å². The van der Waals surface area contributed by atoms with Crippen LogP contribution in [-0.2, 0) is 11.2 Å². The minimum atomic E-state index is 0.0202. The van der Waals surface area contributed by atoms with Crippen LogP contribution in [0.3, 0.4) is 0 Å². The van der Waals surface area contributed by atoms with Crippen LogP contribution in [0.5, 0.6) is 0 Å². The Morgan fingerprint density at radius 1 is 0.926 bits per heavy atom. The van der Waals surface area contributed by atoms with Crippen LogP contribution in [-0.4, -0.2) is 60.9 Å². The number of benzene rings is 2. The normalized spacial score (nSPS) is 14.8. The molecule has 6 heteroatoms. The highest BCUT2D eigenvalue weighted by Crippen LogP contribution is 2.10. The topological polar surface area (TPSA) is 52.7 Å². The number of hydrogen-bond donors (Lipinski definition) is 1. The lowest BCUT2D eigenvalue weighted by Crippen LogP contribution is -2.51. The zero-order valence-corrected chi connectivity index (χ0v) is 16.0. The number of nitrogens with zero attached hydrogens (tertiary/aromatic N) is 2. The molecule has 3 rings (SSSR count). The molecule has 1 N–H and O–H groups in total. The SMILES string of the molecule is O=C(CN1CCN(C(=O)c2ccccc2)CC1)NCCc1ccc(Cl)cc1. The van der Waals surface area contributed by atoms with Gasteiger partial charge in [0.05, 0.1) is 6.54 Å². The maximum atomic E-state index is 12.4. The van der Waals surface area contributed by atoms with E-state index in [-0.39, 0.29) is 11.8 Å². The number of piperazine rings is 1. The highest BCUT2D eigenvalue weighted by atomic mass is 35.5. The van der Waals surface area contributed by atoms with Crippen molar-refractivity contribution in [2.24, 2.45) is 0 Å². The Morgan fingerprint density at radius 2 is 1.59 bits per heavy atom. The van der Waals surface area contributed by atoms with Gasteiger partial charge in [-0.15, -0.1) is 0 Å². The van der Waals surface area contributed by atoms with Gasteiger partial charge in [0.25, 0.3) is 5.91 Å². The summed E-state index contributed by atoms with van der Waals surface area (Å²) in [5, 5.41) is 3.67. The number of amides is 2. The highest BCUT2D eigenvalue weighted by Gasteiger charge is 2.23. The van der Waals surface area contributed by atoms with Gasteiger partial charge in [-0.3, -0.25) is 14.5 Å². The number of hydrogen-bond acceptors (Lipinski definition) is 3. The second-order valence-electron chi connectivity index (χ2n) is 6.66. The van der Waals surface area contributed by atoms with E-state index < -0.39 is 0 Å². The van der Waals surface area contributed by atoms with Crippen LogP contribution in [0.2, 0.25) is 5.02 Å². The van der Waals surface area contributed by atoms with Crippen molar-refractivity contribution in [2.75, 3.05) is 39.3 Å². The quantitative estimate of drug-likeness (QED) is 0.831. The molecule has 5 nitrogen and oxygen atoms in total. The molecular formula is C21H24ClN3O2. The monoisotopic (exact) mass is 385 g/mol. The summed E-state index contributed by atoms with van der Waals surface area (Å²) in [6.45, 7) is 3.69. The predicted molar refractivity (Wildman–Crippen MR) is 107 cm³/mol. The van der Waals surface area contributed by atoms with E-state index in [0.717, 1.165) is 12.0 Å². The summed E-state index contributed by atoms with van der Waals surface area (Å²) >= 11 is 5.87. The third kappa shape index (κ3) is 5.81. The average Bonchev–Trinajstić information content (AvgIpc) is 2.70. The molecule has 1 saturated heterocycles. The number of halogens is 1. The Labute approximate surface area is 164 Å². The first-order valence-corrected chi connectivity index (χ1v) is 9.57. The summed E-state index contributed by atoms with van der Waals surface area (Å²) in [5.74, 6) is 0.0782. The fourth-order valence-electron chi connectivity index (χ4n) is 3.13. The van der Waals surface area contributed by atoms with Gasteiger partial charge in [0, 0.05) is 43.3 Å². The molecule has 0 radical (unpaired) electrons. The van der Waals surface area contributed by atoms with E-state index in [1.807, 2.05) is 59.5 Å². The van der Waals surface area contributed by atoms with Gasteiger partial charge in [-0.05, 0) is 36.2 Å². The molecule has 0 unspecified atom stereocenters. The largest absolute Gasteiger partial charge is 0.355 e. The number of carbonyl (C=O) groups excluding carboxylic acids is 2. The van der Waals surface area contributed by atoms with Crippen LogP contribution in [0.4, 0.5) is 0 Å². The molecule has 0 bridgehead atoms. The molecule has 1 fully saturated rings. The Balaban J connectivity index is 1.36. The summed E-state index contributed by atoms with van der Waals surface area (Å²) < 4.78 is 0. The molecule has 2 amide bonds. The molecule has 1 aliphatic heterocycles. The van der Waals surface area contributed by atoms with Crippen molar-refractivity contribution in [3.05, 3.63) is 70.7 Å². The molecule has 0 atom stereocenters. The van der Waals surface area contributed by atoms with Crippen molar-refractivity contribution in [3.63, 3.8) is 0 Å². The molecule has 0 saturated carbocycles. The van der Waals surface area contributed by atoms with Crippen molar-refractivity contribution < 1.29 is 9.59 Å². The number of rotatable bonds is 6. The molecule has 1 heterocycles. The molecule has 27 heavy (non-hydrogen) atoms. The van der Waals surface area contributed by atoms with E-state index in [4.69, 9.17) is 11.6 Å². The van der Waals surface area contributed by atoms with Crippen LogP contribution >= 0.6 is 11.6 Å². The number of carbonyl (C=O) groups is 2. The Bertz CT molecular complexity index is 757. The Hall–Kier alpha value is -2.37. The first-order valence-electron chi connectivity index (χ1n) is 9.19. The highest BCUT2D eigenvalue weighted by molar-refractivity contribution is 6.30. The summed E-state index contributed by atoms with van der Waals surface area (Å²) in [5.41, 5.74) is 1.86. The molecule has 0 aromatic heterocycles. The molecule has 1 aliphatic rings. The molecule has 2 aromatic rings. The van der Waals surface area contributed by atoms with E-state index in [2.05, 4.69) is 10.2 Å².